The number of halogens is 1. The number of carbonyl (C=O) groups excluding carboxylic acids is 2. The molecule has 2 aromatic rings. The summed E-state index contributed by atoms with van der Waals surface area (Å²) in [7, 11) is 1.21. The van der Waals surface area contributed by atoms with Crippen molar-refractivity contribution in [1.82, 2.24) is 4.98 Å². The highest BCUT2D eigenvalue weighted by Gasteiger charge is 2.29. The van der Waals surface area contributed by atoms with Crippen LogP contribution in [0.2, 0.25) is 5.02 Å². The van der Waals surface area contributed by atoms with Crippen LogP contribution in [0.1, 0.15) is 39.0 Å². The third kappa shape index (κ3) is 5.10. The lowest BCUT2D eigenvalue weighted by Gasteiger charge is -2.19. The molecule has 0 saturated heterocycles. The molecule has 1 heterocycles. The van der Waals surface area contributed by atoms with E-state index in [0.717, 1.165) is 0 Å². The normalized spacial score (nSPS) is 10.5. The Hall–Kier alpha value is -2.97. The van der Waals surface area contributed by atoms with Gasteiger partial charge in [0, 0.05) is 16.1 Å². The number of methoxy groups -OCH3 is 1. The van der Waals surface area contributed by atoms with Gasteiger partial charge in [0.15, 0.2) is 0 Å². The Bertz CT molecular complexity index is 943. The van der Waals surface area contributed by atoms with Crippen LogP contribution in [0, 0.1) is 6.92 Å². The van der Waals surface area contributed by atoms with E-state index in [1.54, 1.807) is 38.1 Å². The van der Waals surface area contributed by atoms with Crippen LogP contribution in [0.3, 0.4) is 0 Å². The second kappa shape index (κ2) is 9.99. The number of ether oxygens (including phenoxy) is 3. The Morgan fingerprint density at radius 3 is 2.41 bits per heavy atom. The SMILES string of the molecule is CCOC(=O)c1c(COCC(=O)O)nc(C)c(C(=O)OC)c1-c1ccccc1Cl. The molecule has 0 atom stereocenters. The fourth-order valence-corrected chi connectivity index (χ4v) is 3.04. The second-order valence-corrected chi connectivity index (χ2v) is 6.25. The number of aromatic nitrogens is 1. The number of aryl methyl sites for hydroxylation is 1. The van der Waals surface area contributed by atoms with Crippen molar-refractivity contribution in [2.45, 2.75) is 20.5 Å². The molecule has 1 N–H and O–H groups in total. The summed E-state index contributed by atoms with van der Waals surface area (Å²) in [5.41, 5.74) is 1.03. The standard InChI is InChI=1S/C20H20ClNO7/c1-4-29-20(26)18-14(9-28-10-15(23)24)22-11(2)16(19(25)27-3)17(18)12-7-5-6-8-13(12)21/h5-8H,4,9-10H2,1-3H3,(H,23,24). The third-order valence-corrected chi connectivity index (χ3v) is 4.26. The molecule has 0 spiro atoms. The molecule has 0 aliphatic heterocycles. The van der Waals surface area contributed by atoms with Gasteiger partial charge in [0.05, 0.1) is 42.8 Å². The van der Waals surface area contributed by atoms with Crippen molar-refractivity contribution < 1.29 is 33.7 Å². The first-order valence-corrected chi connectivity index (χ1v) is 9.02. The zero-order valence-corrected chi connectivity index (χ0v) is 16.9. The van der Waals surface area contributed by atoms with E-state index in [4.69, 9.17) is 30.9 Å². The van der Waals surface area contributed by atoms with Crippen molar-refractivity contribution in [2.24, 2.45) is 0 Å². The highest BCUT2D eigenvalue weighted by Crippen LogP contribution is 2.36. The lowest BCUT2D eigenvalue weighted by Crippen LogP contribution is -2.19. The number of carboxylic acids is 1. The number of pyridine rings is 1. The summed E-state index contributed by atoms with van der Waals surface area (Å²) in [6.07, 6.45) is 0. The monoisotopic (exact) mass is 421 g/mol. The average molecular weight is 422 g/mol. The summed E-state index contributed by atoms with van der Waals surface area (Å²) in [5, 5.41) is 9.11. The first-order valence-electron chi connectivity index (χ1n) is 8.65. The molecule has 0 aliphatic rings. The summed E-state index contributed by atoms with van der Waals surface area (Å²) in [4.78, 5) is 40.4. The predicted molar refractivity (Wildman–Crippen MR) is 104 cm³/mol. The van der Waals surface area contributed by atoms with E-state index < -0.39 is 24.5 Å². The van der Waals surface area contributed by atoms with E-state index in [1.807, 2.05) is 0 Å². The molecule has 1 aromatic carbocycles. The van der Waals surface area contributed by atoms with Crippen molar-refractivity contribution in [1.29, 1.82) is 0 Å². The zero-order chi connectivity index (χ0) is 21.6. The van der Waals surface area contributed by atoms with Crippen LogP contribution in [0.25, 0.3) is 11.1 Å². The van der Waals surface area contributed by atoms with Crippen molar-refractivity contribution >= 4 is 29.5 Å². The lowest BCUT2D eigenvalue weighted by atomic mass is 9.92. The van der Waals surface area contributed by atoms with Gasteiger partial charge in [-0.25, -0.2) is 14.4 Å². The first kappa shape index (κ1) is 22.3. The number of benzene rings is 1. The van der Waals surface area contributed by atoms with E-state index in [1.165, 1.54) is 7.11 Å². The molecule has 0 saturated carbocycles. The number of aliphatic carboxylic acids is 1. The average Bonchev–Trinajstić information content (AvgIpc) is 2.67. The van der Waals surface area contributed by atoms with E-state index in [9.17, 15) is 14.4 Å². The number of carbonyl (C=O) groups is 3. The number of rotatable bonds is 8. The highest BCUT2D eigenvalue weighted by molar-refractivity contribution is 6.34. The van der Waals surface area contributed by atoms with E-state index in [2.05, 4.69) is 4.98 Å². The summed E-state index contributed by atoms with van der Waals surface area (Å²) in [5.74, 6) is -2.61. The first-order chi connectivity index (χ1) is 13.8. The number of esters is 2. The van der Waals surface area contributed by atoms with Crippen LogP contribution in [-0.2, 0) is 25.6 Å². The van der Waals surface area contributed by atoms with Gasteiger partial charge in [0.1, 0.15) is 6.61 Å². The van der Waals surface area contributed by atoms with Gasteiger partial charge in [0.2, 0.25) is 0 Å². The van der Waals surface area contributed by atoms with Gasteiger partial charge in [-0.1, -0.05) is 29.8 Å². The molecule has 0 fully saturated rings. The quantitative estimate of drug-likeness (QED) is 0.646. The topological polar surface area (TPSA) is 112 Å². The Labute approximate surface area is 172 Å². The molecule has 9 heteroatoms. The number of hydrogen-bond donors (Lipinski definition) is 1. The van der Waals surface area contributed by atoms with Crippen LogP contribution in [0.15, 0.2) is 24.3 Å². The summed E-state index contributed by atoms with van der Waals surface area (Å²) in [6.45, 7) is 2.43. The van der Waals surface area contributed by atoms with Gasteiger partial charge in [0.25, 0.3) is 0 Å². The number of carboxylic acid groups (broad SMARTS) is 1. The maximum Gasteiger partial charge on any atom is 0.340 e. The van der Waals surface area contributed by atoms with E-state index in [-0.39, 0.29) is 41.3 Å². The van der Waals surface area contributed by atoms with Gasteiger partial charge in [-0.05, 0) is 19.9 Å². The maximum absolute atomic E-state index is 12.8. The van der Waals surface area contributed by atoms with Crippen molar-refractivity contribution in [3.8, 4) is 11.1 Å². The van der Waals surface area contributed by atoms with E-state index >= 15 is 0 Å². The molecule has 154 valence electrons. The number of nitrogens with zero attached hydrogens (tertiary/aromatic N) is 1. The van der Waals surface area contributed by atoms with Gasteiger partial charge >= 0.3 is 17.9 Å². The van der Waals surface area contributed by atoms with Gasteiger partial charge in [-0.15, -0.1) is 0 Å². The Balaban J connectivity index is 2.83. The van der Waals surface area contributed by atoms with Crippen LogP contribution < -0.4 is 0 Å². The molecule has 2 rings (SSSR count). The van der Waals surface area contributed by atoms with Crippen molar-refractivity contribution in [2.75, 3.05) is 20.3 Å². The van der Waals surface area contributed by atoms with Crippen LogP contribution in [-0.4, -0.2) is 48.3 Å². The Kier molecular flexibility index (Phi) is 7.69. The Morgan fingerprint density at radius 1 is 1.14 bits per heavy atom. The summed E-state index contributed by atoms with van der Waals surface area (Å²) in [6, 6.07) is 6.67. The molecule has 0 amide bonds. The van der Waals surface area contributed by atoms with Crippen LogP contribution >= 0.6 is 11.6 Å². The third-order valence-electron chi connectivity index (χ3n) is 3.93. The minimum atomic E-state index is -1.17. The summed E-state index contributed by atoms with van der Waals surface area (Å²) < 4.78 is 15.2. The Morgan fingerprint density at radius 2 is 1.83 bits per heavy atom. The minimum Gasteiger partial charge on any atom is -0.480 e. The largest absolute Gasteiger partial charge is 0.480 e. The number of hydrogen-bond acceptors (Lipinski definition) is 7. The molecule has 1 aromatic heterocycles. The molecule has 8 nitrogen and oxygen atoms in total. The minimum absolute atomic E-state index is 0.0312. The summed E-state index contributed by atoms with van der Waals surface area (Å²) >= 11 is 6.35. The van der Waals surface area contributed by atoms with Crippen molar-refractivity contribution in [3.05, 3.63) is 51.8 Å². The molecule has 29 heavy (non-hydrogen) atoms. The molecule has 0 bridgehead atoms. The molecule has 0 radical (unpaired) electrons. The fourth-order valence-electron chi connectivity index (χ4n) is 2.81. The predicted octanol–water partition coefficient (Wildman–Crippen LogP) is 3.27. The van der Waals surface area contributed by atoms with Gasteiger partial charge in [-0.2, -0.15) is 0 Å². The second-order valence-electron chi connectivity index (χ2n) is 5.85. The van der Waals surface area contributed by atoms with E-state index in [0.29, 0.717) is 10.6 Å². The zero-order valence-electron chi connectivity index (χ0n) is 16.2. The lowest BCUT2D eigenvalue weighted by molar-refractivity contribution is -0.142. The van der Waals surface area contributed by atoms with Crippen LogP contribution in [0.4, 0.5) is 0 Å². The molecular weight excluding hydrogens is 402 g/mol. The molecule has 0 aliphatic carbocycles. The van der Waals surface area contributed by atoms with Crippen molar-refractivity contribution in [3.63, 3.8) is 0 Å². The molecule has 0 unspecified atom stereocenters. The van der Waals surface area contributed by atoms with Crippen LogP contribution in [0.5, 0.6) is 0 Å². The van der Waals surface area contributed by atoms with Gasteiger partial charge < -0.3 is 19.3 Å². The smallest absolute Gasteiger partial charge is 0.340 e. The highest BCUT2D eigenvalue weighted by atomic mass is 35.5. The molecular formula is C20H20ClNO7. The maximum atomic E-state index is 12.8. The van der Waals surface area contributed by atoms with Gasteiger partial charge in [-0.3, -0.25) is 4.98 Å². The fraction of sp³-hybridized carbons (Fsp3) is 0.300.